The van der Waals surface area contributed by atoms with Gasteiger partial charge in [0.15, 0.2) is 0 Å². The summed E-state index contributed by atoms with van der Waals surface area (Å²) in [6, 6.07) is 1.65. The van der Waals surface area contributed by atoms with Crippen LogP contribution in [0.25, 0.3) is 6.08 Å². The summed E-state index contributed by atoms with van der Waals surface area (Å²) in [5, 5.41) is 8.38. The van der Waals surface area contributed by atoms with Gasteiger partial charge in [0.2, 0.25) is 0 Å². The van der Waals surface area contributed by atoms with Crippen LogP contribution in [-0.2, 0) is 4.79 Å². The van der Waals surface area contributed by atoms with Gasteiger partial charge in [0.25, 0.3) is 0 Å². The zero-order valence-corrected chi connectivity index (χ0v) is 8.15. The third kappa shape index (κ3) is 2.87. The molecular formula is C8H7BrN2O2. The normalized spacial score (nSPS) is 10.5. The Kier molecular flexibility index (Phi) is 3.02. The van der Waals surface area contributed by atoms with Gasteiger partial charge in [-0.25, -0.2) is 9.78 Å². The van der Waals surface area contributed by atoms with Crippen LogP contribution in [0.5, 0.6) is 0 Å². The van der Waals surface area contributed by atoms with E-state index in [1.807, 2.05) is 0 Å². The molecule has 0 aromatic carbocycles. The summed E-state index contributed by atoms with van der Waals surface area (Å²) in [6.07, 6.45) is 3.91. The Morgan fingerprint density at radius 1 is 1.69 bits per heavy atom. The maximum atomic E-state index is 10.2. The molecule has 0 spiro atoms. The molecular weight excluding hydrogens is 236 g/mol. The van der Waals surface area contributed by atoms with Gasteiger partial charge in [0, 0.05) is 11.6 Å². The highest BCUT2D eigenvalue weighted by Gasteiger charge is 1.97. The summed E-state index contributed by atoms with van der Waals surface area (Å²) in [6.45, 7) is 0. The third-order valence-electron chi connectivity index (χ3n) is 1.34. The van der Waals surface area contributed by atoms with Crippen LogP contribution in [0, 0.1) is 0 Å². The Balaban J connectivity index is 3.00. The Morgan fingerprint density at radius 3 is 3.00 bits per heavy atom. The number of aromatic nitrogens is 1. The van der Waals surface area contributed by atoms with E-state index in [0.717, 1.165) is 6.08 Å². The van der Waals surface area contributed by atoms with E-state index in [2.05, 4.69) is 20.9 Å². The van der Waals surface area contributed by atoms with Gasteiger partial charge in [0.05, 0.1) is 11.9 Å². The SMILES string of the molecule is Nc1cnc(Br)cc1/C=C/C(=O)O. The molecule has 0 aliphatic carbocycles. The van der Waals surface area contributed by atoms with E-state index in [9.17, 15) is 4.79 Å². The standard InChI is InChI=1S/C8H7BrN2O2/c9-7-3-5(1-2-8(12)13)6(10)4-11-7/h1-4H,10H2,(H,12,13)/b2-1+. The maximum absolute atomic E-state index is 10.2. The molecule has 3 N–H and O–H groups in total. The zero-order chi connectivity index (χ0) is 9.84. The first kappa shape index (κ1) is 9.73. The second-order valence-corrected chi connectivity index (χ2v) is 3.12. The lowest BCUT2D eigenvalue weighted by atomic mass is 10.2. The van der Waals surface area contributed by atoms with Crippen LogP contribution in [0.15, 0.2) is 22.9 Å². The summed E-state index contributed by atoms with van der Waals surface area (Å²) >= 11 is 3.16. The molecule has 0 saturated carbocycles. The number of nitrogen functional groups attached to an aromatic ring is 1. The number of carboxylic acid groups (broad SMARTS) is 1. The predicted octanol–water partition coefficient (Wildman–Crippen LogP) is 1.52. The van der Waals surface area contributed by atoms with Gasteiger partial charge in [-0.3, -0.25) is 0 Å². The molecule has 1 aromatic rings. The van der Waals surface area contributed by atoms with Crippen molar-refractivity contribution in [3.63, 3.8) is 0 Å². The van der Waals surface area contributed by atoms with E-state index < -0.39 is 5.97 Å². The van der Waals surface area contributed by atoms with Gasteiger partial charge in [-0.2, -0.15) is 0 Å². The summed E-state index contributed by atoms with van der Waals surface area (Å²) in [4.78, 5) is 14.1. The number of pyridine rings is 1. The molecule has 0 fully saturated rings. The van der Waals surface area contributed by atoms with Crippen molar-refractivity contribution in [3.8, 4) is 0 Å². The van der Waals surface area contributed by atoms with E-state index in [4.69, 9.17) is 10.8 Å². The zero-order valence-electron chi connectivity index (χ0n) is 6.57. The molecule has 0 atom stereocenters. The van der Waals surface area contributed by atoms with Gasteiger partial charge >= 0.3 is 5.97 Å². The van der Waals surface area contributed by atoms with Crippen molar-refractivity contribution < 1.29 is 9.90 Å². The molecule has 0 aliphatic rings. The molecule has 0 radical (unpaired) electrons. The number of carboxylic acids is 1. The number of halogens is 1. The van der Waals surface area contributed by atoms with Crippen LogP contribution in [0.3, 0.4) is 0 Å². The van der Waals surface area contributed by atoms with Crippen molar-refractivity contribution >= 4 is 33.7 Å². The number of hydrogen-bond donors (Lipinski definition) is 2. The largest absolute Gasteiger partial charge is 0.478 e. The topological polar surface area (TPSA) is 76.2 Å². The first-order valence-electron chi connectivity index (χ1n) is 3.41. The van der Waals surface area contributed by atoms with Gasteiger partial charge in [-0.1, -0.05) is 0 Å². The van der Waals surface area contributed by atoms with Crippen LogP contribution >= 0.6 is 15.9 Å². The van der Waals surface area contributed by atoms with Crippen LogP contribution < -0.4 is 5.73 Å². The lowest BCUT2D eigenvalue weighted by Crippen LogP contribution is -1.92. The van der Waals surface area contributed by atoms with Crippen LogP contribution in [0.1, 0.15) is 5.56 Å². The molecule has 0 saturated heterocycles. The van der Waals surface area contributed by atoms with Gasteiger partial charge in [-0.15, -0.1) is 0 Å². The summed E-state index contributed by atoms with van der Waals surface area (Å²) < 4.78 is 0.617. The van der Waals surface area contributed by atoms with Crippen molar-refractivity contribution in [1.29, 1.82) is 0 Å². The van der Waals surface area contributed by atoms with Crippen molar-refractivity contribution in [2.45, 2.75) is 0 Å². The first-order valence-corrected chi connectivity index (χ1v) is 4.21. The molecule has 1 rings (SSSR count). The highest BCUT2D eigenvalue weighted by atomic mass is 79.9. The minimum absolute atomic E-state index is 0.445. The molecule has 68 valence electrons. The fourth-order valence-corrected chi connectivity index (χ4v) is 1.11. The minimum atomic E-state index is -1.01. The Hall–Kier alpha value is -1.36. The molecule has 0 bridgehead atoms. The van der Waals surface area contributed by atoms with E-state index >= 15 is 0 Å². The van der Waals surface area contributed by atoms with E-state index in [1.165, 1.54) is 12.3 Å². The molecule has 1 heterocycles. The number of aliphatic carboxylic acids is 1. The van der Waals surface area contributed by atoms with Gasteiger partial charge < -0.3 is 10.8 Å². The first-order chi connectivity index (χ1) is 6.09. The lowest BCUT2D eigenvalue weighted by molar-refractivity contribution is -0.131. The van der Waals surface area contributed by atoms with Gasteiger partial charge in [-0.05, 0) is 28.1 Å². The molecule has 1 aromatic heterocycles. The molecule has 4 nitrogen and oxygen atoms in total. The van der Waals surface area contributed by atoms with Gasteiger partial charge in [0.1, 0.15) is 4.60 Å². The maximum Gasteiger partial charge on any atom is 0.328 e. The highest BCUT2D eigenvalue weighted by molar-refractivity contribution is 9.10. The number of hydrogen-bond acceptors (Lipinski definition) is 3. The lowest BCUT2D eigenvalue weighted by Gasteiger charge is -1.98. The summed E-state index contributed by atoms with van der Waals surface area (Å²) in [7, 11) is 0. The summed E-state index contributed by atoms with van der Waals surface area (Å²) in [5.74, 6) is -1.01. The Bertz CT molecular complexity index is 363. The smallest absolute Gasteiger partial charge is 0.328 e. The molecule has 13 heavy (non-hydrogen) atoms. The number of carbonyl (C=O) groups is 1. The predicted molar refractivity (Wildman–Crippen MR) is 53.0 cm³/mol. The molecule has 0 aliphatic heterocycles. The monoisotopic (exact) mass is 242 g/mol. The van der Waals surface area contributed by atoms with Crippen LogP contribution in [0.4, 0.5) is 5.69 Å². The quantitative estimate of drug-likeness (QED) is 0.609. The number of rotatable bonds is 2. The van der Waals surface area contributed by atoms with Crippen molar-refractivity contribution in [2.75, 3.05) is 5.73 Å². The Morgan fingerprint density at radius 2 is 2.38 bits per heavy atom. The highest BCUT2D eigenvalue weighted by Crippen LogP contribution is 2.16. The van der Waals surface area contributed by atoms with Crippen molar-refractivity contribution in [2.24, 2.45) is 0 Å². The van der Waals surface area contributed by atoms with Crippen molar-refractivity contribution in [1.82, 2.24) is 4.98 Å². The van der Waals surface area contributed by atoms with Crippen molar-refractivity contribution in [3.05, 3.63) is 28.5 Å². The van der Waals surface area contributed by atoms with Crippen LogP contribution in [-0.4, -0.2) is 16.1 Å². The minimum Gasteiger partial charge on any atom is -0.478 e. The Labute approximate surface area is 83.2 Å². The second-order valence-electron chi connectivity index (χ2n) is 2.31. The second kappa shape index (κ2) is 4.04. The average Bonchev–Trinajstić information content (AvgIpc) is 2.06. The third-order valence-corrected chi connectivity index (χ3v) is 1.77. The summed E-state index contributed by atoms with van der Waals surface area (Å²) in [5.41, 5.74) is 6.62. The number of nitrogens with zero attached hydrogens (tertiary/aromatic N) is 1. The van der Waals surface area contributed by atoms with E-state index in [1.54, 1.807) is 6.07 Å². The molecule has 0 unspecified atom stereocenters. The van der Waals surface area contributed by atoms with E-state index in [-0.39, 0.29) is 0 Å². The molecule has 5 heteroatoms. The molecule has 0 amide bonds. The number of anilines is 1. The average molecular weight is 243 g/mol. The fourth-order valence-electron chi connectivity index (χ4n) is 0.760. The number of nitrogens with two attached hydrogens (primary N) is 1. The van der Waals surface area contributed by atoms with Crippen LogP contribution in [0.2, 0.25) is 0 Å². The fraction of sp³-hybridized carbons (Fsp3) is 0. The van der Waals surface area contributed by atoms with E-state index in [0.29, 0.717) is 15.9 Å².